The van der Waals surface area contributed by atoms with Crippen LogP contribution in [0.15, 0.2) is 18.2 Å². The van der Waals surface area contributed by atoms with E-state index in [9.17, 15) is 19.7 Å². The summed E-state index contributed by atoms with van der Waals surface area (Å²) in [7, 11) is 1.51. The molecule has 1 aromatic carbocycles. The molecule has 1 aliphatic rings. The number of nitrogens with one attached hydrogen (secondary N) is 1. The molecule has 106 valence electrons. The number of carbonyl (C=O) groups is 2. The van der Waals surface area contributed by atoms with E-state index in [1.54, 1.807) is 0 Å². The number of anilines is 1. The molecule has 20 heavy (non-hydrogen) atoms. The number of non-ortho nitro benzene ring substituents is 1. The highest BCUT2D eigenvalue weighted by atomic mass is 16.6. The minimum absolute atomic E-state index is 0.000846. The summed E-state index contributed by atoms with van der Waals surface area (Å²) in [5, 5.41) is 10.8. The molecule has 0 aromatic heterocycles. The van der Waals surface area contributed by atoms with Crippen LogP contribution < -0.4 is 11.3 Å². The number of nitro groups is 1. The summed E-state index contributed by atoms with van der Waals surface area (Å²) in [6, 6.07) is 3.57. The number of carbonyl (C=O) groups excluding carboxylic acids is 2. The first-order chi connectivity index (χ1) is 9.43. The van der Waals surface area contributed by atoms with Crippen molar-refractivity contribution in [1.29, 1.82) is 0 Å². The first-order valence-corrected chi connectivity index (χ1v) is 5.73. The van der Waals surface area contributed by atoms with Gasteiger partial charge in [0, 0.05) is 24.7 Å². The molecule has 1 fully saturated rings. The number of nitro benzene ring substituents is 1. The second kappa shape index (κ2) is 5.13. The zero-order chi connectivity index (χ0) is 14.9. The minimum atomic E-state index is -0.552. The maximum atomic E-state index is 11.8. The number of amides is 3. The second-order valence-electron chi connectivity index (χ2n) is 4.36. The highest BCUT2D eigenvalue weighted by Gasteiger charge is 2.34. The Balaban J connectivity index is 2.32. The van der Waals surface area contributed by atoms with Gasteiger partial charge in [-0.25, -0.2) is 4.79 Å². The molecule has 0 saturated carbocycles. The number of benzene rings is 1. The molecule has 1 aromatic rings. The van der Waals surface area contributed by atoms with Gasteiger partial charge in [-0.05, 0) is 6.07 Å². The standard InChI is InChI=1S/C11H13N5O4/c1-14-6-10(17)15(11(14)18)5-7-4-8(16(19)20)2-3-9(7)13-12/h2-4,13H,5-6,12H2,1H3. The number of imide groups is 1. The van der Waals surface area contributed by atoms with Crippen LogP contribution in [-0.2, 0) is 11.3 Å². The van der Waals surface area contributed by atoms with Crippen LogP contribution in [0.1, 0.15) is 5.56 Å². The first-order valence-electron chi connectivity index (χ1n) is 5.73. The van der Waals surface area contributed by atoms with Gasteiger partial charge in [0.2, 0.25) is 0 Å². The second-order valence-corrected chi connectivity index (χ2v) is 4.36. The predicted molar refractivity (Wildman–Crippen MR) is 69.5 cm³/mol. The topological polar surface area (TPSA) is 122 Å². The van der Waals surface area contributed by atoms with Gasteiger partial charge >= 0.3 is 6.03 Å². The average Bonchev–Trinajstić information content (AvgIpc) is 2.65. The Kier molecular flexibility index (Phi) is 3.53. The molecule has 1 heterocycles. The molecule has 1 saturated heterocycles. The molecule has 0 bridgehead atoms. The van der Waals surface area contributed by atoms with Gasteiger partial charge < -0.3 is 10.3 Å². The number of hydrogen-bond donors (Lipinski definition) is 2. The van der Waals surface area contributed by atoms with Crippen LogP contribution in [0.5, 0.6) is 0 Å². The summed E-state index contributed by atoms with van der Waals surface area (Å²) in [5.74, 6) is 4.97. The Morgan fingerprint density at radius 3 is 2.65 bits per heavy atom. The Morgan fingerprint density at radius 1 is 1.45 bits per heavy atom. The Labute approximate surface area is 114 Å². The number of hydrazine groups is 1. The molecule has 2 rings (SSSR count). The molecule has 3 N–H and O–H groups in total. The molecule has 0 unspecified atom stereocenters. The largest absolute Gasteiger partial charge is 0.327 e. The van der Waals surface area contributed by atoms with Crippen LogP contribution in [0, 0.1) is 10.1 Å². The number of nitrogens with two attached hydrogens (primary N) is 1. The van der Waals surface area contributed by atoms with Gasteiger partial charge in [0.05, 0.1) is 17.2 Å². The molecule has 0 aliphatic carbocycles. The average molecular weight is 279 g/mol. The van der Waals surface area contributed by atoms with Crippen molar-refractivity contribution in [3.8, 4) is 0 Å². The maximum absolute atomic E-state index is 11.8. The summed E-state index contributed by atoms with van der Waals surface area (Å²) in [6.07, 6.45) is 0. The van der Waals surface area contributed by atoms with Crippen LogP contribution in [0.3, 0.4) is 0 Å². The lowest BCUT2D eigenvalue weighted by molar-refractivity contribution is -0.384. The molecular formula is C11H13N5O4. The normalized spacial score (nSPS) is 14.9. The zero-order valence-electron chi connectivity index (χ0n) is 10.7. The van der Waals surface area contributed by atoms with Gasteiger partial charge in [-0.15, -0.1) is 0 Å². The third-order valence-electron chi connectivity index (χ3n) is 3.01. The molecule has 1 aliphatic heterocycles. The maximum Gasteiger partial charge on any atom is 0.327 e. The minimum Gasteiger partial charge on any atom is -0.324 e. The van der Waals surface area contributed by atoms with E-state index in [0.717, 1.165) is 4.90 Å². The highest BCUT2D eigenvalue weighted by Crippen LogP contribution is 2.24. The lowest BCUT2D eigenvalue weighted by Crippen LogP contribution is -2.31. The van der Waals surface area contributed by atoms with E-state index >= 15 is 0 Å². The van der Waals surface area contributed by atoms with Crippen LogP contribution in [0.25, 0.3) is 0 Å². The molecular weight excluding hydrogens is 266 g/mol. The number of nitrogens with zero attached hydrogens (tertiary/aromatic N) is 3. The van der Waals surface area contributed by atoms with Crippen molar-refractivity contribution in [2.24, 2.45) is 5.84 Å². The van der Waals surface area contributed by atoms with Crippen molar-refractivity contribution in [2.45, 2.75) is 6.54 Å². The summed E-state index contributed by atoms with van der Waals surface area (Å²) in [4.78, 5) is 36.0. The Bertz CT molecular complexity index is 588. The summed E-state index contributed by atoms with van der Waals surface area (Å²) >= 11 is 0. The SMILES string of the molecule is CN1CC(=O)N(Cc2cc([N+](=O)[O-])ccc2NN)C1=O. The summed E-state index contributed by atoms with van der Waals surface area (Å²) in [6.45, 7) is -0.0671. The number of likely N-dealkylation sites (N-methyl/N-ethyl adjacent to an activating group) is 1. The van der Waals surface area contributed by atoms with E-state index in [-0.39, 0.29) is 24.7 Å². The van der Waals surface area contributed by atoms with Gasteiger partial charge in [0.25, 0.3) is 11.6 Å². The van der Waals surface area contributed by atoms with Crippen LogP contribution in [0.4, 0.5) is 16.2 Å². The van der Waals surface area contributed by atoms with E-state index in [2.05, 4.69) is 5.43 Å². The monoisotopic (exact) mass is 279 g/mol. The van der Waals surface area contributed by atoms with Crippen molar-refractivity contribution in [1.82, 2.24) is 9.80 Å². The molecule has 0 spiro atoms. The van der Waals surface area contributed by atoms with Gasteiger partial charge in [-0.3, -0.25) is 25.7 Å². The quantitative estimate of drug-likeness (QED) is 0.353. The first kappa shape index (κ1) is 13.7. The van der Waals surface area contributed by atoms with Gasteiger partial charge in [-0.2, -0.15) is 0 Å². The van der Waals surface area contributed by atoms with Gasteiger partial charge in [0.1, 0.15) is 6.54 Å². The van der Waals surface area contributed by atoms with Crippen molar-refractivity contribution < 1.29 is 14.5 Å². The van der Waals surface area contributed by atoms with Crippen LogP contribution in [0.2, 0.25) is 0 Å². The summed E-state index contributed by atoms with van der Waals surface area (Å²) < 4.78 is 0. The zero-order valence-corrected chi connectivity index (χ0v) is 10.7. The van der Waals surface area contributed by atoms with E-state index in [1.807, 2.05) is 0 Å². The molecule has 9 nitrogen and oxygen atoms in total. The fraction of sp³-hybridized carbons (Fsp3) is 0.273. The number of nitrogen functional groups attached to an aromatic ring is 1. The lowest BCUT2D eigenvalue weighted by atomic mass is 10.1. The van der Waals surface area contributed by atoms with Crippen LogP contribution in [-0.4, -0.2) is 40.3 Å². The smallest absolute Gasteiger partial charge is 0.324 e. The fourth-order valence-corrected chi connectivity index (χ4v) is 1.96. The molecule has 0 radical (unpaired) electrons. The van der Waals surface area contributed by atoms with Crippen molar-refractivity contribution in [3.63, 3.8) is 0 Å². The van der Waals surface area contributed by atoms with E-state index in [1.165, 1.54) is 30.1 Å². The lowest BCUT2D eigenvalue weighted by Gasteiger charge is -2.16. The third kappa shape index (κ3) is 2.38. The van der Waals surface area contributed by atoms with Gasteiger partial charge in [0.15, 0.2) is 0 Å². The number of hydrogen-bond acceptors (Lipinski definition) is 6. The van der Waals surface area contributed by atoms with Crippen molar-refractivity contribution >= 4 is 23.3 Å². The third-order valence-corrected chi connectivity index (χ3v) is 3.01. The van der Waals surface area contributed by atoms with E-state index < -0.39 is 11.0 Å². The molecule has 0 atom stereocenters. The molecule has 9 heteroatoms. The van der Waals surface area contributed by atoms with Crippen molar-refractivity contribution in [3.05, 3.63) is 33.9 Å². The fourth-order valence-electron chi connectivity index (χ4n) is 1.96. The predicted octanol–water partition coefficient (Wildman–Crippen LogP) is 0.274. The number of rotatable bonds is 4. The Hall–Kier alpha value is -2.68. The van der Waals surface area contributed by atoms with Gasteiger partial charge in [-0.1, -0.05) is 0 Å². The molecule has 3 amide bonds. The van der Waals surface area contributed by atoms with E-state index in [4.69, 9.17) is 5.84 Å². The summed E-state index contributed by atoms with van der Waals surface area (Å²) in [5.41, 5.74) is 3.08. The Morgan fingerprint density at radius 2 is 2.15 bits per heavy atom. The van der Waals surface area contributed by atoms with Crippen LogP contribution >= 0.6 is 0 Å². The van der Waals surface area contributed by atoms with Crippen molar-refractivity contribution in [2.75, 3.05) is 19.0 Å². The van der Waals surface area contributed by atoms with E-state index in [0.29, 0.717) is 11.3 Å². The number of urea groups is 1. The highest BCUT2D eigenvalue weighted by molar-refractivity contribution is 6.01.